The average molecular weight is 283 g/mol. The van der Waals surface area contributed by atoms with Gasteiger partial charge < -0.3 is 14.8 Å². The third kappa shape index (κ3) is 5.71. The van der Waals surface area contributed by atoms with E-state index in [-0.39, 0.29) is 0 Å². The Morgan fingerprint density at radius 3 is 2.43 bits per heavy atom. The van der Waals surface area contributed by atoms with E-state index in [1.54, 1.807) is 7.11 Å². The number of ether oxygens (including phenoxy) is 2. The molecule has 0 amide bonds. The zero-order valence-electron chi connectivity index (χ0n) is 12.3. The van der Waals surface area contributed by atoms with Gasteiger partial charge in [-0.3, -0.25) is 0 Å². The third-order valence-electron chi connectivity index (χ3n) is 3.01. The molecule has 110 valence electrons. The molecule has 0 atom stereocenters. The molecule has 0 aromatic heterocycles. The normalized spacial score (nSPS) is 10.7. The molecular weight excluding hydrogens is 262 g/mol. The molecule has 0 aliphatic heterocycles. The van der Waals surface area contributed by atoms with Crippen LogP contribution in [0.4, 0.5) is 5.69 Å². The van der Waals surface area contributed by atoms with Crippen molar-refractivity contribution in [2.24, 2.45) is 0 Å². The number of benzene rings is 2. The van der Waals surface area contributed by atoms with E-state index in [0.717, 1.165) is 18.0 Å². The molecule has 3 nitrogen and oxygen atoms in total. The van der Waals surface area contributed by atoms with Gasteiger partial charge in [-0.1, -0.05) is 42.5 Å². The molecule has 0 bridgehead atoms. The van der Waals surface area contributed by atoms with E-state index in [4.69, 9.17) is 9.47 Å². The lowest BCUT2D eigenvalue weighted by Crippen LogP contribution is -1.99. The van der Waals surface area contributed by atoms with E-state index in [9.17, 15) is 0 Å². The minimum absolute atomic E-state index is 0.624. The van der Waals surface area contributed by atoms with E-state index in [1.807, 2.05) is 48.5 Å². The van der Waals surface area contributed by atoms with Gasteiger partial charge in [0.05, 0.1) is 20.3 Å². The van der Waals surface area contributed by atoms with Gasteiger partial charge in [0.15, 0.2) is 0 Å². The minimum Gasteiger partial charge on any atom is -0.497 e. The van der Waals surface area contributed by atoms with E-state index in [2.05, 4.69) is 23.5 Å². The Labute approximate surface area is 126 Å². The first kappa shape index (κ1) is 15.1. The average Bonchev–Trinajstić information content (AvgIpc) is 2.55. The van der Waals surface area contributed by atoms with Crippen LogP contribution in [0.25, 0.3) is 0 Å². The first-order valence-electron chi connectivity index (χ1n) is 7.03. The van der Waals surface area contributed by atoms with Crippen molar-refractivity contribution < 1.29 is 9.47 Å². The Balaban J connectivity index is 1.59. The SMILES string of the molecule is COc1ccc(NC/C=C\COCc2ccccc2)cc1. The quantitative estimate of drug-likeness (QED) is 0.589. The maximum absolute atomic E-state index is 5.57. The molecule has 2 rings (SSSR count). The molecule has 0 fully saturated rings. The second-order valence-electron chi connectivity index (χ2n) is 4.58. The van der Waals surface area contributed by atoms with E-state index in [1.165, 1.54) is 5.56 Å². The smallest absolute Gasteiger partial charge is 0.119 e. The van der Waals surface area contributed by atoms with Gasteiger partial charge in [-0.2, -0.15) is 0 Å². The summed E-state index contributed by atoms with van der Waals surface area (Å²) in [4.78, 5) is 0. The molecular formula is C18H21NO2. The van der Waals surface area contributed by atoms with Crippen molar-refractivity contribution in [3.63, 3.8) is 0 Å². The number of hydrogen-bond acceptors (Lipinski definition) is 3. The standard InChI is InChI=1S/C18H21NO2/c1-20-18-11-9-17(10-12-18)19-13-5-6-14-21-15-16-7-3-2-4-8-16/h2-12,19H,13-15H2,1H3/b6-5-. The van der Waals surface area contributed by atoms with Gasteiger partial charge in [0.25, 0.3) is 0 Å². The Bertz CT molecular complexity index is 535. The van der Waals surface area contributed by atoms with Gasteiger partial charge in [-0.25, -0.2) is 0 Å². The second-order valence-corrected chi connectivity index (χ2v) is 4.58. The molecule has 3 heteroatoms. The molecule has 0 unspecified atom stereocenters. The predicted molar refractivity (Wildman–Crippen MR) is 86.7 cm³/mol. The highest BCUT2D eigenvalue weighted by atomic mass is 16.5. The Hall–Kier alpha value is -2.26. The minimum atomic E-state index is 0.624. The third-order valence-corrected chi connectivity index (χ3v) is 3.01. The van der Waals surface area contributed by atoms with E-state index < -0.39 is 0 Å². The summed E-state index contributed by atoms with van der Waals surface area (Å²) in [6.45, 7) is 2.05. The zero-order chi connectivity index (χ0) is 14.8. The monoisotopic (exact) mass is 283 g/mol. The lowest BCUT2D eigenvalue weighted by atomic mass is 10.2. The van der Waals surface area contributed by atoms with Gasteiger partial charge in [0, 0.05) is 12.2 Å². The fraction of sp³-hybridized carbons (Fsp3) is 0.222. The Kier molecular flexibility index (Phi) is 6.36. The van der Waals surface area contributed by atoms with Crippen LogP contribution < -0.4 is 10.1 Å². The van der Waals surface area contributed by atoms with Crippen LogP contribution in [-0.2, 0) is 11.3 Å². The first-order valence-corrected chi connectivity index (χ1v) is 7.03. The second kappa shape index (κ2) is 8.82. The highest BCUT2D eigenvalue weighted by Gasteiger charge is 1.92. The van der Waals surface area contributed by atoms with Crippen molar-refractivity contribution in [2.75, 3.05) is 25.6 Å². The molecule has 0 saturated carbocycles. The summed E-state index contributed by atoms with van der Waals surface area (Å²) in [6, 6.07) is 18.1. The lowest BCUT2D eigenvalue weighted by molar-refractivity contribution is 0.148. The molecule has 2 aromatic carbocycles. The van der Waals surface area contributed by atoms with Gasteiger partial charge in [0.1, 0.15) is 5.75 Å². The zero-order valence-corrected chi connectivity index (χ0v) is 12.3. The number of nitrogens with one attached hydrogen (secondary N) is 1. The summed E-state index contributed by atoms with van der Waals surface area (Å²) >= 11 is 0. The number of anilines is 1. The van der Waals surface area contributed by atoms with Crippen LogP contribution in [0.15, 0.2) is 66.7 Å². The van der Waals surface area contributed by atoms with Crippen molar-refractivity contribution in [2.45, 2.75) is 6.61 Å². The number of methoxy groups -OCH3 is 1. The fourth-order valence-electron chi connectivity index (χ4n) is 1.86. The summed E-state index contributed by atoms with van der Waals surface area (Å²) in [5.74, 6) is 0.866. The van der Waals surface area contributed by atoms with Crippen LogP contribution in [0.1, 0.15) is 5.56 Å². The topological polar surface area (TPSA) is 30.5 Å². The van der Waals surface area contributed by atoms with E-state index >= 15 is 0 Å². The summed E-state index contributed by atoms with van der Waals surface area (Å²) < 4.78 is 10.7. The lowest BCUT2D eigenvalue weighted by Gasteiger charge is -2.04. The van der Waals surface area contributed by atoms with Gasteiger partial charge in [0.2, 0.25) is 0 Å². The molecule has 0 aliphatic carbocycles. The summed E-state index contributed by atoms with van der Waals surface area (Å²) in [6.07, 6.45) is 4.09. The van der Waals surface area contributed by atoms with Crippen LogP contribution in [0.5, 0.6) is 5.75 Å². The summed E-state index contributed by atoms with van der Waals surface area (Å²) in [7, 11) is 1.67. The molecule has 1 N–H and O–H groups in total. The van der Waals surface area contributed by atoms with Gasteiger partial charge >= 0.3 is 0 Å². The maximum atomic E-state index is 5.57. The number of rotatable bonds is 8. The highest BCUT2D eigenvalue weighted by Crippen LogP contribution is 2.14. The summed E-state index contributed by atoms with van der Waals surface area (Å²) in [5, 5.41) is 3.31. The van der Waals surface area contributed by atoms with Crippen LogP contribution in [0.3, 0.4) is 0 Å². The van der Waals surface area contributed by atoms with E-state index in [0.29, 0.717) is 13.2 Å². The largest absolute Gasteiger partial charge is 0.497 e. The van der Waals surface area contributed by atoms with Gasteiger partial charge in [-0.05, 0) is 29.8 Å². The molecule has 0 aliphatic rings. The molecule has 0 radical (unpaired) electrons. The first-order chi connectivity index (χ1) is 10.4. The van der Waals surface area contributed by atoms with Crippen molar-refractivity contribution >= 4 is 5.69 Å². The highest BCUT2D eigenvalue weighted by molar-refractivity contribution is 5.46. The van der Waals surface area contributed by atoms with Crippen LogP contribution in [0, 0.1) is 0 Å². The van der Waals surface area contributed by atoms with Crippen molar-refractivity contribution in [3.8, 4) is 5.75 Å². The molecule has 0 heterocycles. The van der Waals surface area contributed by atoms with Crippen molar-refractivity contribution in [3.05, 3.63) is 72.3 Å². The number of hydrogen-bond donors (Lipinski definition) is 1. The van der Waals surface area contributed by atoms with Crippen molar-refractivity contribution in [1.29, 1.82) is 0 Å². The molecule has 0 spiro atoms. The Morgan fingerprint density at radius 1 is 0.952 bits per heavy atom. The fourth-order valence-corrected chi connectivity index (χ4v) is 1.86. The van der Waals surface area contributed by atoms with Crippen LogP contribution in [0.2, 0.25) is 0 Å². The van der Waals surface area contributed by atoms with Crippen molar-refractivity contribution in [1.82, 2.24) is 0 Å². The van der Waals surface area contributed by atoms with Gasteiger partial charge in [-0.15, -0.1) is 0 Å². The van der Waals surface area contributed by atoms with Crippen LogP contribution in [-0.4, -0.2) is 20.3 Å². The molecule has 21 heavy (non-hydrogen) atoms. The Morgan fingerprint density at radius 2 is 1.71 bits per heavy atom. The molecule has 2 aromatic rings. The maximum Gasteiger partial charge on any atom is 0.119 e. The summed E-state index contributed by atoms with van der Waals surface area (Å²) in [5.41, 5.74) is 2.27. The molecule has 0 saturated heterocycles. The van der Waals surface area contributed by atoms with Crippen LogP contribution >= 0.6 is 0 Å². The predicted octanol–water partition coefficient (Wildman–Crippen LogP) is 3.88.